The number of esters is 1. The van der Waals surface area contributed by atoms with Crippen LogP contribution < -0.4 is 4.90 Å². The van der Waals surface area contributed by atoms with Crippen molar-refractivity contribution in [2.75, 3.05) is 25.6 Å². The lowest BCUT2D eigenvalue weighted by molar-refractivity contribution is 0.0474. The summed E-state index contributed by atoms with van der Waals surface area (Å²) in [5.41, 5.74) is 5.03. The van der Waals surface area contributed by atoms with Crippen LogP contribution in [0.5, 0.6) is 0 Å². The fourth-order valence-corrected chi connectivity index (χ4v) is 2.46. The van der Waals surface area contributed by atoms with Gasteiger partial charge in [0.05, 0.1) is 5.56 Å². The lowest BCUT2D eigenvalue weighted by atomic mass is 9.98. The van der Waals surface area contributed by atoms with Crippen LogP contribution in [0.15, 0.2) is 36.4 Å². The second kappa shape index (κ2) is 7.30. The molecule has 0 N–H and O–H groups in total. The number of benzene rings is 2. The third-order valence-electron chi connectivity index (χ3n) is 4.07. The number of aryl methyl sites for hydroxylation is 3. The molecule has 0 aromatic heterocycles. The van der Waals surface area contributed by atoms with Crippen molar-refractivity contribution in [2.45, 2.75) is 20.8 Å². The summed E-state index contributed by atoms with van der Waals surface area (Å²) in [4.78, 5) is 26.4. The molecule has 126 valence electrons. The van der Waals surface area contributed by atoms with Crippen LogP contribution in [0.1, 0.15) is 37.4 Å². The van der Waals surface area contributed by atoms with Crippen molar-refractivity contribution in [3.63, 3.8) is 0 Å². The zero-order valence-electron chi connectivity index (χ0n) is 14.8. The maximum atomic E-state index is 12.4. The Kier molecular flexibility index (Phi) is 5.39. The Morgan fingerprint density at radius 3 is 2.29 bits per heavy atom. The molecule has 0 heterocycles. The molecular weight excluding hydrogens is 302 g/mol. The number of hydrogen-bond acceptors (Lipinski definition) is 4. The van der Waals surface area contributed by atoms with Crippen LogP contribution in [-0.2, 0) is 4.74 Å². The van der Waals surface area contributed by atoms with E-state index in [9.17, 15) is 9.59 Å². The topological polar surface area (TPSA) is 46.6 Å². The van der Waals surface area contributed by atoms with Crippen LogP contribution in [0, 0.1) is 20.8 Å². The summed E-state index contributed by atoms with van der Waals surface area (Å²) in [5, 5.41) is 0. The minimum Gasteiger partial charge on any atom is -0.454 e. The smallest absolute Gasteiger partial charge is 0.338 e. The highest BCUT2D eigenvalue weighted by Gasteiger charge is 2.15. The number of anilines is 1. The van der Waals surface area contributed by atoms with E-state index >= 15 is 0 Å². The molecule has 0 spiro atoms. The molecule has 2 rings (SSSR count). The van der Waals surface area contributed by atoms with Crippen LogP contribution in [0.25, 0.3) is 0 Å². The third kappa shape index (κ3) is 4.02. The molecule has 0 aliphatic carbocycles. The molecular formula is C20H23NO3. The predicted molar refractivity (Wildman–Crippen MR) is 96.0 cm³/mol. The first kappa shape index (κ1) is 17.7. The SMILES string of the molecule is Cc1cc(C)c(C(=O)COC(=O)c2cccc(N(C)C)c2)cc1C. The first-order valence-corrected chi connectivity index (χ1v) is 7.85. The second-order valence-corrected chi connectivity index (χ2v) is 6.20. The van der Waals surface area contributed by atoms with Gasteiger partial charge >= 0.3 is 5.97 Å². The average molecular weight is 325 g/mol. The van der Waals surface area contributed by atoms with Gasteiger partial charge in [0, 0.05) is 25.3 Å². The number of ketones is 1. The monoisotopic (exact) mass is 325 g/mol. The number of rotatable bonds is 5. The van der Waals surface area contributed by atoms with Crippen LogP contribution in [-0.4, -0.2) is 32.5 Å². The molecule has 24 heavy (non-hydrogen) atoms. The van der Waals surface area contributed by atoms with E-state index < -0.39 is 5.97 Å². The summed E-state index contributed by atoms with van der Waals surface area (Å²) in [5.74, 6) is -0.679. The Bertz CT molecular complexity index is 778. The molecule has 2 aromatic rings. The van der Waals surface area contributed by atoms with E-state index in [1.807, 2.05) is 58.0 Å². The molecule has 0 aliphatic rings. The summed E-state index contributed by atoms with van der Waals surface area (Å²) in [6, 6.07) is 11.0. The molecule has 0 unspecified atom stereocenters. The minimum absolute atomic E-state index is 0.187. The summed E-state index contributed by atoms with van der Waals surface area (Å²) < 4.78 is 5.20. The van der Waals surface area contributed by atoms with Gasteiger partial charge in [0.2, 0.25) is 5.78 Å². The summed E-state index contributed by atoms with van der Waals surface area (Å²) in [6.45, 7) is 5.61. The Morgan fingerprint density at radius 2 is 1.62 bits per heavy atom. The predicted octanol–water partition coefficient (Wildman–Crippen LogP) is 3.72. The quantitative estimate of drug-likeness (QED) is 0.621. The van der Waals surface area contributed by atoms with Crippen molar-refractivity contribution in [1.82, 2.24) is 0 Å². The van der Waals surface area contributed by atoms with Gasteiger partial charge in [-0.05, 0) is 61.7 Å². The highest BCUT2D eigenvalue weighted by Crippen LogP contribution is 2.17. The van der Waals surface area contributed by atoms with E-state index in [4.69, 9.17) is 4.74 Å². The van der Waals surface area contributed by atoms with Crippen molar-refractivity contribution in [3.8, 4) is 0 Å². The van der Waals surface area contributed by atoms with Crippen molar-refractivity contribution in [1.29, 1.82) is 0 Å². The van der Waals surface area contributed by atoms with Gasteiger partial charge in [0.1, 0.15) is 0 Å². The van der Waals surface area contributed by atoms with E-state index in [0.717, 1.165) is 22.4 Å². The number of carbonyl (C=O) groups is 2. The molecule has 0 fully saturated rings. The number of ether oxygens (including phenoxy) is 1. The largest absolute Gasteiger partial charge is 0.454 e. The number of hydrogen-bond donors (Lipinski definition) is 0. The van der Waals surface area contributed by atoms with Gasteiger partial charge in [-0.3, -0.25) is 4.79 Å². The zero-order chi connectivity index (χ0) is 17.9. The van der Waals surface area contributed by atoms with Crippen molar-refractivity contribution >= 4 is 17.4 Å². The van der Waals surface area contributed by atoms with Crippen molar-refractivity contribution < 1.29 is 14.3 Å². The standard InChI is InChI=1S/C20H23NO3/c1-13-9-15(3)18(10-14(13)2)19(22)12-24-20(23)16-7-6-8-17(11-16)21(4)5/h6-11H,12H2,1-5H3. The van der Waals surface area contributed by atoms with E-state index in [1.165, 1.54) is 0 Å². The maximum Gasteiger partial charge on any atom is 0.338 e. The first-order chi connectivity index (χ1) is 11.3. The van der Waals surface area contributed by atoms with Crippen molar-refractivity contribution in [3.05, 3.63) is 64.2 Å². The number of carbonyl (C=O) groups excluding carboxylic acids is 2. The fourth-order valence-electron chi connectivity index (χ4n) is 2.46. The molecule has 0 radical (unpaired) electrons. The Hall–Kier alpha value is -2.62. The molecule has 0 aliphatic heterocycles. The molecule has 2 aromatic carbocycles. The van der Waals surface area contributed by atoms with E-state index in [2.05, 4.69) is 0 Å². The molecule has 4 heteroatoms. The zero-order valence-corrected chi connectivity index (χ0v) is 14.8. The summed E-state index contributed by atoms with van der Waals surface area (Å²) in [6.07, 6.45) is 0. The molecule has 4 nitrogen and oxygen atoms in total. The number of nitrogens with zero attached hydrogens (tertiary/aromatic N) is 1. The summed E-state index contributed by atoms with van der Waals surface area (Å²) in [7, 11) is 3.80. The van der Waals surface area contributed by atoms with Gasteiger partial charge in [-0.15, -0.1) is 0 Å². The van der Waals surface area contributed by atoms with E-state index in [0.29, 0.717) is 11.1 Å². The highest BCUT2D eigenvalue weighted by atomic mass is 16.5. The normalized spacial score (nSPS) is 10.4. The summed E-state index contributed by atoms with van der Waals surface area (Å²) >= 11 is 0. The average Bonchev–Trinajstić information content (AvgIpc) is 2.55. The van der Waals surface area contributed by atoms with Gasteiger partial charge in [0.25, 0.3) is 0 Å². The van der Waals surface area contributed by atoms with E-state index in [1.54, 1.807) is 18.2 Å². The molecule has 0 saturated heterocycles. The molecule has 0 saturated carbocycles. The van der Waals surface area contributed by atoms with E-state index in [-0.39, 0.29) is 12.4 Å². The van der Waals surface area contributed by atoms with Crippen LogP contribution in [0.3, 0.4) is 0 Å². The van der Waals surface area contributed by atoms with Gasteiger partial charge < -0.3 is 9.64 Å². The van der Waals surface area contributed by atoms with Gasteiger partial charge in [0.15, 0.2) is 6.61 Å². The van der Waals surface area contributed by atoms with Crippen LogP contribution in [0.4, 0.5) is 5.69 Å². The molecule has 0 atom stereocenters. The molecule has 0 amide bonds. The second-order valence-electron chi connectivity index (χ2n) is 6.20. The van der Waals surface area contributed by atoms with Crippen LogP contribution in [0.2, 0.25) is 0 Å². The van der Waals surface area contributed by atoms with Gasteiger partial charge in [-0.1, -0.05) is 12.1 Å². The highest BCUT2D eigenvalue weighted by molar-refractivity contribution is 6.00. The Morgan fingerprint density at radius 1 is 0.958 bits per heavy atom. The Balaban J connectivity index is 2.08. The van der Waals surface area contributed by atoms with Crippen LogP contribution >= 0.6 is 0 Å². The lowest BCUT2D eigenvalue weighted by Gasteiger charge is -2.13. The Labute approximate surface area is 143 Å². The first-order valence-electron chi connectivity index (χ1n) is 7.85. The minimum atomic E-state index is -0.492. The van der Waals surface area contributed by atoms with Gasteiger partial charge in [-0.25, -0.2) is 4.79 Å². The maximum absolute atomic E-state index is 12.4. The third-order valence-corrected chi connectivity index (χ3v) is 4.07. The molecule has 0 bridgehead atoms. The fraction of sp³-hybridized carbons (Fsp3) is 0.300. The lowest BCUT2D eigenvalue weighted by Crippen LogP contribution is -2.16. The van der Waals surface area contributed by atoms with Crippen molar-refractivity contribution in [2.24, 2.45) is 0 Å². The number of Topliss-reactive ketones (excluding diaryl/α,β-unsaturated/α-hetero) is 1. The van der Waals surface area contributed by atoms with Gasteiger partial charge in [-0.2, -0.15) is 0 Å².